The predicted octanol–water partition coefficient (Wildman–Crippen LogP) is 3.63. The van der Waals surface area contributed by atoms with Gasteiger partial charge in [0.25, 0.3) is 0 Å². The van der Waals surface area contributed by atoms with Gasteiger partial charge in [-0.2, -0.15) is 0 Å². The first-order chi connectivity index (χ1) is 9.83. The topological polar surface area (TPSA) is 58.2 Å². The molecule has 0 amide bonds. The number of nitrogens with one attached hydrogen (secondary N) is 2. The number of aryl methyl sites for hydroxylation is 1. The Kier molecular flexibility index (Phi) is 4.75. The van der Waals surface area contributed by atoms with E-state index in [2.05, 4.69) is 10.0 Å². The van der Waals surface area contributed by atoms with Crippen LogP contribution in [0.3, 0.4) is 0 Å². The molecule has 0 heterocycles. The molecule has 0 bridgehead atoms. The summed E-state index contributed by atoms with van der Waals surface area (Å²) in [7, 11) is -3.25. The Morgan fingerprint density at radius 1 is 1.10 bits per heavy atom. The average molecular weight is 325 g/mol. The molecule has 0 spiro atoms. The van der Waals surface area contributed by atoms with Crippen molar-refractivity contribution in [3.63, 3.8) is 0 Å². The summed E-state index contributed by atoms with van der Waals surface area (Å²) in [5, 5.41) is 4.00. The van der Waals surface area contributed by atoms with Crippen molar-refractivity contribution < 1.29 is 8.42 Å². The molecule has 4 nitrogen and oxygen atoms in total. The fourth-order valence-electron chi connectivity index (χ4n) is 1.89. The second kappa shape index (κ2) is 6.37. The molecule has 6 heteroatoms. The van der Waals surface area contributed by atoms with Gasteiger partial charge in [-0.3, -0.25) is 4.72 Å². The molecule has 0 saturated heterocycles. The van der Waals surface area contributed by atoms with Gasteiger partial charge in [0.05, 0.1) is 11.9 Å². The summed E-state index contributed by atoms with van der Waals surface area (Å²) in [5.74, 6) is 0. The lowest BCUT2D eigenvalue weighted by molar-refractivity contribution is 0.607. The number of halogens is 1. The highest BCUT2D eigenvalue weighted by Crippen LogP contribution is 2.21. The quantitative estimate of drug-likeness (QED) is 0.883. The Bertz CT molecular complexity index is 728. The average Bonchev–Trinajstić information content (AvgIpc) is 2.40. The van der Waals surface area contributed by atoms with Gasteiger partial charge in [0.2, 0.25) is 10.0 Å². The molecule has 21 heavy (non-hydrogen) atoms. The van der Waals surface area contributed by atoms with E-state index >= 15 is 0 Å². The fraction of sp³-hybridized carbons (Fsp3) is 0.200. The van der Waals surface area contributed by atoms with E-state index in [-0.39, 0.29) is 0 Å². The van der Waals surface area contributed by atoms with Crippen LogP contribution in [0, 0.1) is 6.92 Å². The Labute approximate surface area is 130 Å². The van der Waals surface area contributed by atoms with Crippen molar-refractivity contribution in [1.82, 2.24) is 0 Å². The molecule has 2 aromatic carbocycles. The van der Waals surface area contributed by atoms with Crippen molar-refractivity contribution in [2.75, 3.05) is 16.3 Å². The van der Waals surface area contributed by atoms with Gasteiger partial charge in [0.15, 0.2) is 0 Å². The number of hydrogen-bond acceptors (Lipinski definition) is 3. The maximum atomic E-state index is 11.2. The Balaban J connectivity index is 2.05. The second-order valence-corrected chi connectivity index (χ2v) is 7.07. The van der Waals surface area contributed by atoms with Crippen LogP contribution in [0.25, 0.3) is 0 Å². The minimum Gasteiger partial charge on any atom is -0.381 e. The maximum absolute atomic E-state index is 11.2. The van der Waals surface area contributed by atoms with Crippen molar-refractivity contribution in [1.29, 1.82) is 0 Å². The Hall–Kier alpha value is -1.72. The maximum Gasteiger partial charge on any atom is 0.229 e. The first-order valence-electron chi connectivity index (χ1n) is 6.40. The summed E-state index contributed by atoms with van der Waals surface area (Å²) in [5.41, 5.74) is 3.51. The monoisotopic (exact) mass is 324 g/mol. The van der Waals surface area contributed by atoms with E-state index in [1.54, 1.807) is 6.07 Å². The predicted molar refractivity (Wildman–Crippen MR) is 88.4 cm³/mol. The van der Waals surface area contributed by atoms with Crippen LogP contribution in [-0.2, 0) is 16.6 Å². The molecule has 0 fully saturated rings. The molecule has 2 N–H and O–H groups in total. The third kappa shape index (κ3) is 4.95. The van der Waals surface area contributed by atoms with E-state index < -0.39 is 10.0 Å². The number of sulfonamides is 1. The van der Waals surface area contributed by atoms with E-state index in [4.69, 9.17) is 11.6 Å². The van der Waals surface area contributed by atoms with Crippen LogP contribution in [0.5, 0.6) is 0 Å². The summed E-state index contributed by atoms with van der Waals surface area (Å²) in [6.45, 7) is 2.54. The summed E-state index contributed by atoms with van der Waals surface area (Å²) in [6.07, 6.45) is 1.14. The van der Waals surface area contributed by atoms with Gasteiger partial charge in [-0.25, -0.2) is 8.42 Å². The third-order valence-electron chi connectivity index (χ3n) is 2.93. The first kappa shape index (κ1) is 15.7. The highest BCUT2D eigenvalue weighted by molar-refractivity contribution is 7.92. The highest BCUT2D eigenvalue weighted by atomic mass is 35.5. The minimum absolute atomic E-state index is 0.592. The summed E-state index contributed by atoms with van der Waals surface area (Å²) < 4.78 is 25.0. The van der Waals surface area contributed by atoms with Crippen LogP contribution >= 0.6 is 11.6 Å². The van der Waals surface area contributed by atoms with Gasteiger partial charge in [-0.05, 0) is 48.4 Å². The van der Waals surface area contributed by atoms with Gasteiger partial charge < -0.3 is 5.32 Å². The molecule has 0 atom stereocenters. The molecule has 0 aliphatic carbocycles. The first-order valence-corrected chi connectivity index (χ1v) is 8.67. The van der Waals surface area contributed by atoms with Crippen molar-refractivity contribution in [3.8, 4) is 0 Å². The van der Waals surface area contributed by atoms with Gasteiger partial charge >= 0.3 is 0 Å². The zero-order valence-electron chi connectivity index (χ0n) is 11.9. The lowest BCUT2D eigenvalue weighted by Crippen LogP contribution is -2.10. The number of rotatable bonds is 5. The molecule has 2 rings (SSSR count). The van der Waals surface area contributed by atoms with Gasteiger partial charge in [-0.15, -0.1) is 0 Å². The van der Waals surface area contributed by atoms with Crippen LogP contribution in [0.15, 0.2) is 42.5 Å². The number of benzene rings is 2. The van der Waals surface area contributed by atoms with Crippen molar-refractivity contribution in [3.05, 3.63) is 58.6 Å². The molecular formula is C15H17ClN2O2S. The van der Waals surface area contributed by atoms with Crippen LogP contribution in [0.4, 0.5) is 11.4 Å². The molecular weight excluding hydrogens is 308 g/mol. The number of anilines is 2. The zero-order valence-corrected chi connectivity index (χ0v) is 13.4. The SMILES string of the molecule is Cc1cc(NCc2ccc(Cl)cc2)ccc1NS(C)(=O)=O. The van der Waals surface area contributed by atoms with Gasteiger partial charge in [0, 0.05) is 17.3 Å². The van der Waals surface area contributed by atoms with E-state index in [0.29, 0.717) is 17.3 Å². The van der Waals surface area contributed by atoms with E-state index in [0.717, 1.165) is 23.1 Å². The van der Waals surface area contributed by atoms with Crippen LogP contribution in [-0.4, -0.2) is 14.7 Å². The molecule has 2 aromatic rings. The summed E-state index contributed by atoms with van der Waals surface area (Å²) in [4.78, 5) is 0. The zero-order chi connectivity index (χ0) is 15.5. The molecule has 0 unspecified atom stereocenters. The van der Waals surface area contributed by atoms with E-state index in [1.165, 1.54) is 0 Å². The van der Waals surface area contributed by atoms with Gasteiger partial charge in [-0.1, -0.05) is 23.7 Å². The third-order valence-corrected chi connectivity index (χ3v) is 3.77. The van der Waals surface area contributed by atoms with Crippen LogP contribution < -0.4 is 10.0 Å². The Morgan fingerprint density at radius 3 is 2.33 bits per heavy atom. The van der Waals surface area contributed by atoms with Crippen molar-refractivity contribution in [2.45, 2.75) is 13.5 Å². The van der Waals surface area contributed by atoms with Crippen LogP contribution in [0.2, 0.25) is 5.02 Å². The lowest BCUT2D eigenvalue weighted by Gasteiger charge is -2.11. The molecule has 112 valence electrons. The summed E-state index contributed by atoms with van der Waals surface area (Å²) in [6, 6.07) is 13.1. The minimum atomic E-state index is -3.25. The normalized spacial score (nSPS) is 11.2. The lowest BCUT2D eigenvalue weighted by atomic mass is 10.1. The standard InChI is InChI=1S/C15H17ClN2O2S/c1-11-9-14(7-8-15(11)18-21(2,19)20)17-10-12-3-5-13(16)6-4-12/h3-9,17-18H,10H2,1-2H3. The second-order valence-electron chi connectivity index (χ2n) is 4.88. The molecule has 0 saturated carbocycles. The largest absolute Gasteiger partial charge is 0.381 e. The highest BCUT2D eigenvalue weighted by Gasteiger charge is 2.05. The van der Waals surface area contributed by atoms with Crippen molar-refractivity contribution >= 4 is 33.0 Å². The van der Waals surface area contributed by atoms with E-state index in [1.807, 2.05) is 43.3 Å². The van der Waals surface area contributed by atoms with Gasteiger partial charge in [0.1, 0.15) is 0 Å². The molecule has 0 radical (unpaired) electrons. The van der Waals surface area contributed by atoms with Crippen LogP contribution in [0.1, 0.15) is 11.1 Å². The number of hydrogen-bond donors (Lipinski definition) is 2. The smallest absolute Gasteiger partial charge is 0.229 e. The molecule has 0 aliphatic rings. The summed E-state index contributed by atoms with van der Waals surface area (Å²) >= 11 is 5.84. The Morgan fingerprint density at radius 2 is 1.76 bits per heavy atom. The molecule has 0 aromatic heterocycles. The molecule has 0 aliphatic heterocycles. The fourth-order valence-corrected chi connectivity index (χ4v) is 2.65. The van der Waals surface area contributed by atoms with E-state index in [9.17, 15) is 8.42 Å². The van der Waals surface area contributed by atoms with Crippen molar-refractivity contribution in [2.24, 2.45) is 0 Å².